The number of aliphatic carboxylic acids is 1. The lowest BCUT2D eigenvalue weighted by Crippen LogP contribution is -2.31. The second kappa shape index (κ2) is 6.70. The van der Waals surface area contributed by atoms with Gasteiger partial charge in [-0.25, -0.2) is 0 Å². The number of rotatable bonds is 4. The number of carbonyl (C=O) groups excluding carboxylic acids is 1. The summed E-state index contributed by atoms with van der Waals surface area (Å²) in [5.41, 5.74) is 2.81. The third-order valence-corrected chi connectivity index (χ3v) is 4.04. The van der Waals surface area contributed by atoms with Crippen molar-refractivity contribution in [1.82, 2.24) is 0 Å². The van der Waals surface area contributed by atoms with E-state index in [1.807, 2.05) is 0 Å². The molecule has 0 radical (unpaired) electrons. The summed E-state index contributed by atoms with van der Waals surface area (Å²) >= 11 is 0. The number of halogens is 3. The molecule has 1 atom stereocenters. The number of fused-ring (bicyclic) bond motifs is 1. The zero-order valence-corrected chi connectivity index (χ0v) is 13.3. The number of ether oxygens (including phenoxy) is 1. The van der Waals surface area contributed by atoms with Gasteiger partial charge in [-0.15, -0.1) is 13.2 Å². The maximum Gasteiger partial charge on any atom is 0.573 e. The van der Waals surface area contributed by atoms with Crippen molar-refractivity contribution in [2.45, 2.75) is 19.2 Å². The van der Waals surface area contributed by atoms with Crippen molar-refractivity contribution in [3.63, 3.8) is 0 Å². The van der Waals surface area contributed by atoms with Gasteiger partial charge in [-0.1, -0.05) is 18.2 Å². The Bertz CT molecular complexity index is 847. The second-order valence-electron chi connectivity index (χ2n) is 5.93. The molecule has 2 N–H and O–H groups in total. The highest BCUT2D eigenvalue weighted by Crippen LogP contribution is 2.32. The largest absolute Gasteiger partial charge is 0.573 e. The van der Waals surface area contributed by atoms with Crippen LogP contribution in [0, 0.1) is 5.92 Å². The number of alkyl halides is 3. The van der Waals surface area contributed by atoms with Gasteiger partial charge in [0.05, 0.1) is 12.3 Å². The molecule has 3 rings (SSSR count). The van der Waals surface area contributed by atoms with E-state index in [1.165, 1.54) is 24.3 Å². The number of nitrogens with one attached hydrogen (secondary N) is 1. The van der Waals surface area contributed by atoms with Crippen LogP contribution in [0.25, 0.3) is 11.1 Å². The average molecular weight is 365 g/mol. The van der Waals surface area contributed by atoms with Gasteiger partial charge in [0.15, 0.2) is 0 Å². The van der Waals surface area contributed by atoms with Gasteiger partial charge in [0, 0.05) is 5.69 Å². The lowest BCUT2D eigenvalue weighted by molar-refractivity contribution is -0.274. The average Bonchev–Trinajstić information content (AvgIpc) is 2.54. The van der Waals surface area contributed by atoms with Crippen LogP contribution in [0.15, 0.2) is 42.5 Å². The minimum atomic E-state index is -4.75. The predicted molar refractivity (Wildman–Crippen MR) is 86.6 cm³/mol. The van der Waals surface area contributed by atoms with Crippen molar-refractivity contribution in [2.75, 3.05) is 5.32 Å². The molecule has 1 aliphatic rings. The summed E-state index contributed by atoms with van der Waals surface area (Å²) in [7, 11) is 0. The van der Waals surface area contributed by atoms with Gasteiger partial charge in [0.2, 0.25) is 5.91 Å². The van der Waals surface area contributed by atoms with Crippen LogP contribution in [-0.2, 0) is 16.0 Å². The summed E-state index contributed by atoms with van der Waals surface area (Å²) in [5.74, 6) is -2.35. The Labute approximate surface area is 146 Å². The molecule has 1 aliphatic heterocycles. The van der Waals surface area contributed by atoms with E-state index >= 15 is 0 Å². The van der Waals surface area contributed by atoms with Gasteiger partial charge in [-0.05, 0) is 47.4 Å². The summed E-state index contributed by atoms with van der Waals surface area (Å²) in [6, 6.07) is 10.7. The number of hydrogen-bond donors (Lipinski definition) is 2. The molecule has 0 saturated heterocycles. The lowest BCUT2D eigenvalue weighted by Gasteiger charge is -2.24. The fourth-order valence-electron chi connectivity index (χ4n) is 2.88. The Morgan fingerprint density at radius 2 is 1.81 bits per heavy atom. The van der Waals surface area contributed by atoms with Crippen LogP contribution in [0.5, 0.6) is 5.75 Å². The maximum atomic E-state index is 12.2. The molecule has 0 aromatic heterocycles. The Balaban J connectivity index is 1.83. The van der Waals surface area contributed by atoms with E-state index < -0.39 is 18.2 Å². The number of benzene rings is 2. The molecule has 0 spiro atoms. The summed E-state index contributed by atoms with van der Waals surface area (Å²) < 4.78 is 40.5. The third-order valence-electron chi connectivity index (χ3n) is 4.04. The van der Waals surface area contributed by atoms with E-state index in [0.29, 0.717) is 11.3 Å². The molecule has 136 valence electrons. The molecule has 8 heteroatoms. The molecular formula is C18H14F3NO4. The van der Waals surface area contributed by atoms with E-state index in [1.54, 1.807) is 18.2 Å². The van der Waals surface area contributed by atoms with Crippen molar-refractivity contribution in [2.24, 2.45) is 5.92 Å². The minimum Gasteiger partial charge on any atom is -0.481 e. The van der Waals surface area contributed by atoms with Crippen molar-refractivity contribution in [3.8, 4) is 16.9 Å². The molecule has 1 unspecified atom stereocenters. The summed E-state index contributed by atoms with van der Waals surface area (Å²) in [4.78, 5) is 22.8. The lowest BCUT2D eigenvalue weighted by atomic mass is 9.89. The third kappa shape index (κ3) is 4.14. The molecule has 1 heterocycles. The standard InChI is InChI=1S/C18H14F3NO4/c19-18(20,21)26-14-4-1-10(2-5-14)11-3-6-15-12(7-11)8-13(9-16(23)24)17(25)22-15/h1-7,13H,8-9H2,(H,22,25)(H,23,24). The zero-order valence-electron chi connectivity index (χ0n) is 13.3. The number of carbonyl (C=O) groups is 2. The summed E-state index contributed by atoms with van der Waals surface area (Å²) in [6.07, 6.45) is -4.72. The van der Waals surface area contributed by atoms with Crippen molar-refractivity contribution in [3.05, 3.63) is 48.0 Å². The second-order valence-corrected chi connectivity index (χ2v) is 5.93. The molecule has 2 aromatic carbocycles. The van der Waals surface area contributed by atoms with E-state index in [0.717, 1.165) is 11.1 Å². The normalized spacial score (nSPS) is 16.6. The molecule has 0 fully saturated rings. The molecule has 5 nitrogen and oxygen atoms in total. The number of carboxylic acid groups (broad SMARTS) is 1. The van der Waals surface area contributed by atoms with E-state index in [4.69, 9.17) is 5.11 Å². The highest BCUT2D eigenvalue weighted by molar-refractivity contribution is 5.97. The summed E-state index contributed by atoms with van der Waals surface area (Å²) in [6.45, 7) is 0. The fourth-order valence-corrected chi connectivity index (χ4v) is 2.88. The minimum absolute atomic E-state index is 0.265. The zero-order chi connectivity index (χ0) is 18.9. The van der Waals surface area contributed by atoms with Gasteiger partial charge >= 0.3 is 12.3 Å². The first kappa shape index (κ1) is 17.8. The monoisotopic (exact) mass is 365 g/mol. The van der Waals surface area contributed by atoms with Crippen molar-refractivity contribution >= 4 is 17.6 Å². The quantitative estimate of drug-likeness (QED) is 0.863. The van der Waals surface area contributed by atoms with E-state index in [9.17, 15) is 22.8 Å². The maximum absolute atomic E-state index is 12.2. The smallest absolute Gasteiger partial charge is 0.481 e. The van der Waals surface area contributed by atoms with Gasteiger partial charge in [-0.3, -0.25) is 9.59 Å². The molecule has 0 bridgehead atoms. The summed E-state index contributed by atoms with van der Waals surface area (Å²) in [5, 5.41) is 11.6. The number of amides is 1. The Kier molecular flexibility index (Phi) is 4.58. The van der Waals surface area contributed by atoms with Crippen LogP contribution in [0.1, 0.15) is 12.0 Å². The van der Waals surface area contributed by atoms with E-state index in [-0.39, 0.29) is 24.5 Å². The van der Waals surface area contributed by atoms with Gasteiger partial charge in [0.1, 0.15) is 5.75 Å². The fraction of sp³-hybridized carbons (Fsp3) is 0.222. The highest BCUT2D eigenvalue weighted by Gasteiger charge is 2.31. The molecule has 26 heavy (non-hydrogen) atoms. The Morgan fingerprint density at radius 3 is 2.42 bits per heavy atom. The number of carboxylic acids is 1. The molecule has 2 aromatic rings. The number of hydrogen-bond acceptors (Lipinski definition) is 3. The van der Waals surface area contributed by atoms with Crippen LogP contribution in [0.4, 0.5) is 18.9 Å². The predicted octanol–water partition coefficient (Wildman–Crippen LogP) is 3.84. The molecule has 0 aliphatic carbocycles. The van der Waals surface area contributed by atoms with Crippen LogP contribution >= 0.6 is 0 Å². The van der Waals surface area contributed by atoms with Gasteiger partial charge in [-0.2, -0.15) is 0 Å². The SMILES string of the molecule is O=C(O)CC1Cc2cc(-c3ccc(OC(F)(F)F)cc3)ccc2NC1=O. The molecule has 0 saturated carbocycles. The van der Waals surface area contributed by atoms with Crippen LogP contribution in [0.3, 0.4) is 0 Å². The molecule has 1 amide bonds. The van der Waals surface area contributed by atoms with Gasteiger partial charge < -0.3 is 15.2 Å². The first-order valence-electron chi connectivity index (χ1n) is 7.73. The van der Waals surface area contributed by atoms with Gasteiger partial charge in [0.25, 0.3) is 0 Å². The van der Waals surface area contributed by atoms with Crippen LogP contribution in [-0.4, -0.2) is 23.3 Å². The van der Waals surface area contributed by atoms with Crippen molar-refractivity contribution in [1.29, 1.82) is 0 Å². The number of anilines is 1. The Hall–Kier alpha value is -3.03. The van der Waals surface area contributed by atoms with Crippen LogP contribution in [0.2, 0.25) is 0 Å². The van der Waals surface area contributed by atoms with Crippen molar-refractivity contribution < 1.29 is 32.6 Å². The molecular weight excluding hydrogens is 351 g/mol. The van der Waals surface area contributed by atoms with E-state index in [2.05, 4.69) is 10.1 Å². The first-order chi connectivity index (χ1) is 12.2. The highest BCUT2D eigenvalue weighted by atomic mass is 19.4. The van der Waals surface area contributed by atoms with Crippen LogP contribution < -0.4 is 10.1 Å². The first-order valence-corrected chi connectivity index (χ1v) is 7.73. The Morgan fingerprint density at radius 1 is 1.15 bits per heavy atom. The topological polar surface area (TPSA) is 75.6 Å².